The van der Waals surface area contributed by atoms with Gasteiger partial charge in [0.2, 0.25) is 0 Å². The maximum Gasteiger partial charge on any atom is 0.286 e. The van der Waals surface area contributed by atoms with Gasteiger partial charge in [-0.2, -0.15) is 0 Å². The third-order valence-electron chi connectivity index (χ3n) is 5.17. The molecule has 1 aromatic carbocycles. The van der Waals surface area contributed by atoms with Gasteiger partial charge in [-0.25, -0.2) is 4.39 Å². The van der Waals surface area contributed by atoms with Gasteiger partial charge in [0.15, 0.2) is 5.76 Å². The molecule has 2 aromatic rings. The normalized spacial score (nSPS) is 15.2. The molecule has 1 aliphatic carbocycles. The second kappa shape index (κ2) is 9.70. The SMILES string of the molecule is CCCNC(=O)c1ccc(CN(Cc2ccc(F)cc2)C2CCCCC2)o1. The third kappa shape index (κ3) is 5.67. The van der Waals surface area contributed by atoms with E-state index < -0.39 is 0 Å². The van der Waals surface area contributed by atoms with Crippen molar-refractivity contribution in [3.63, 3.8) is 0 Å². The van der Waals surface area contributed by atoms with Crippen LogP contribution in [0.5, 0.6) is 0 Å². The molecule has 1 amide bonds. The van der Waals surface area contributed by atoms with Crippen LogP contribution in [0.25, 0.3) is 0 Å². The van der Waals surface area contributed by atoms with Crippen molar-refractivity contribution in [1.82, 2.24) is 10.2 Å². The highest BCUT2D eigenvalue weighted by molar-refractivity contribution is 5.91. The first-order chi connectivity index (χ1) is 13.2. The minimum absolute atomic E-state index is 0.161. The molecule has 1 fully saturated rings. The summed E-state index contributed by atoms with van der Waals surface area (Å²) in [5, 5.41) is 2.84. The monoisotopic (exact) mass is 372 g/mol. The molecule has 1 aromatic heterocycles. The van der Waals surface area contributed by atoms with E-state index in [1.165, 1.54) is 44.2 Å². The van der Waals surface area contributed by atoms with Crippen LogP contribution in [0.1, 0.15) is 67.3 Å². The lowest BCUT2D eigenvalue weighted by molar-refractivity contribution is 0.0916. The first kappa shape index (κ1) is 19.6. The van der Waals surface area contributed by atoms with Crippen LogP contribution >= 0.6 is 0 Å². The van der Waals surface area contributed by atoms with E-state index in [4.69, 9.17) is 4.42 Å². The lowest BCUT2D eigenvalue weighted by Gasteiger charge is -2.34. The minimum atomic E-state index is -0.211. The molecule has 1 N–H and O–H groups in total. The Balaban J connectivity index is 1.70. The van der Waals surface area contributed by atoms with Gasteiger partial charge in [0.1, 0.15) is 11.6 Å². The zero-order valence-corrected chi connectivity index (χ0v) is 16.0. The van der Waals surface area contributed by atoms with Crippen molar-refractivity contribution in [2.45, 2.75) is 64.6 Å². The second-order valence-corrected chi connectivity index (χ2v) is 7.35. The zero-order chi connectivity index (χ0) is 19.1. The Morgan fingerprint density at radius 1 is 1.11 bits per heavy atom. The van der Waals surface area contributed by atoms with E-state index in [1.807, 2.05) is 25.1 Å². The lowest BCUT2D eigenvalue weighted by atomic mass is 9.93. The number of nitrogens with zero attached hydrogens (tertiary/aromatic N) is 1. The Bertz CT molecular complexity index is 720. The molecule has 146 valence electrons. The first-order valence-corrected chi connectivity index (χ1v) is 10.0. The molecule has 4 nitrogen and oxygen atoms in total. The molecule has 3 rings (SSSR count). The predicted octanol–water partition coefficient (Wildman–Crippen LogP) is 4.89. The van der Waals surface area contributed by atoms with Gasteiger partial charge in [-0.05, 0) is 49.1 Å². The van der Waals surface area contributed by atoms with Crippen molar-refractivity contribution in [3.8, 4) is 0 Å². The molecule has 27 heavy (non-hydrogen) atoms. The molecule has 0 bridgehead atoms. The number of carbonyl (C=O) groups excluding carboxylic acids is 1. The molecule has 1 saturated carbocycles. The Morgan fingerprint density at radius 2 is 1.85 bits per heavy atom. The first-order valence-electron chi connectivity index (χ1n) is 10.0. The minimum Gasteiger partial charge on any atom is -0.455 e. The van der Waals surface area contributed by atoms with Crippen LogP contribution in [-0.4, -0.2) is 23.4 Å². The molecule has 0 aliphatic heterocycles. The number of benzene rings is 1. The number of amides is 1. The fourth-order valence-corrected chi connectivity index (χ4v) is 3.70. The van der Waals surface area contributed by atoms with Crippen LogP contribution in [0.3, 0.4) is 0 Å². The van der Waals surface area contributed by atoms with Gasteiger partial charge in [-0.3, -0.25) is 9.69 Å². The van der Waals surface area contributed by atoms with Crippen molar-refractivity contribution in [1.29, 1.82) is 0 Å². The van der Waals surface area contributed by atoms with Crippen molar-refractivity contribution < 1.29 is 13.6 Å². The summed E-state index contributed by atoms with van der Waals surface area (Å²) in [6.45, 7) is 4.07. The van der Waals surface area contributed by atoms with Gasteiger partial charge < -0.3 is 9.73 Å². The largest absolute Gasteiger partial charge is 0.455 e. The zero-order valence-electron chi connectivity index (χ0n) is 16.0. The van der Waals surface area contributed by atoms with E-state index in [0.29, 0.717) is 24.9 Å². The second-order valence-electron chi connectivity index (χ2n) is 7.35. The Kier molecular flexibility index (Phi) is 7.04. The number of furan rings is 1. The Morgan fingerprint density at radius 3 is 2.56 bits per heavy atom. The fourth-order valence-electron chi connectivity index (χ4n) is 3.70. The summed E-state index contributed by atoms with van der Waals surface area (Å²) >= 11 is 0. The van der Waals surface area contributed by atoms with E-state index in [2.05, 4.69) is 10.2 Å². The number of hydrogen-bond acceptors (Lipinski definition) is 3. The topological polar surface area (TPSA) is 45.5 Å². The summed E-state index contributed by atoms with van der Waals surface area (Å²) in [5.41, 5.74) is 1.09. The summed E-state index contributed by atoms with van der Waals surface area (Å²) in [4.78, 5) is 14.5. The van der Waals surface area contributed by atoms with E-state index >= 15 is 0 Å². The molecule has 1 aliphatic rings. The molecule has 0 radical (unpaired) electrons. The quantitative estimate of drug-likeness (QED) is 0.717. The van der Waals surface area contributed by atoms with Crippen LogP contribution in [-0.2, 0) is 13.1 Å². The number of nitrogens with one attached hydrogen (secondary N) is 1. The third-order valence-corrected chi connectivity index (χ3v) is 5.17. The molecular weight excluding hydrogens is 343 g/mol. The number of halogens is 1. The van der Waals surface area contributed by atoms with Gasteiger partial charge in [-0.1, -0.05) is 38.3 Å². The van der Waals surface area contributed by atoms with Gasteiger partial charge in [0.05, 0.1) is 6.54 Å². The summed E-state index contributed by atoms with van der Waals surface area (Å²) in [5.74, 6) is 0.788. The van der Waals surface area contributed by atoms with E-state index in [9.17, 15) is 9.18 Å². The fraction of sp³-hybridized carbons (Fsp3) is 0.500. The molecule has 1 heterocycles. The molecule has 5 heteroatoms. The lowest BCUT2D eigenvalue weighted by Crippen LogP contribution is -2.35. The van der Waals surface area contributed by atoms with Crippen LogP contribution in [0.2, 0.25) is 0 Å². The van der Waals surface area contributed by atoms with Crippen LogP contribution in [0.15, 0.2) is 40.8 Å². The van der Waals surface area contributed by atoms with Crippen molar-refractivity contribution >= 4 is 5.91 Å². The Hall–Kier alpha value is -2.14. The molecule has 0 unspecified atom stereocenters. The van der Waals surface area contributed by atoms with Crippen LogP contribution in [0, 0.1) is 5.82 Å². The number of rotatable bonds is 8. The van der Waals surface area contributed by atoms with Crippen molar-refractivity contribution in [2.75, 3.05) is 6.54 Å². The summed E-state index contributed by atoms with van der Waals surface area (Å²) in [7, 11) is 0. The van der Waals surface area contributed by atoms with Crippen molar-refractivity contribution in [3.05, 3.63) is 59.3 Å². The average molecular weight is 372 g/mol. The highest BCUT2D eigenvalue weighted by Crippen LogP contribution is 2.26. The van der Waals surface area contributed by atoms with Gasteiger partial charge in [0, 0.05) is 19.1 Å². The van der Waals surface area contributed by atoms with E-state index in [1.54, 1.807) is 6.07 Å². The molecule has 0 atom stereocenters. The standard InChI is InChI=1S/C22H29FN2O2/c1-2-14-24-22(26)21-13-12-20(27-21)16-25(19-6-4-3-5-7-19)15-17-8-10-18(23)11-9-17/h8-13,19H,2-7,14-16H2,1H3,(H,24,26). The van der Waals surface area contributed by atoms with Crippen LogP contribution < -0.4 is 5.32 Å². The van der Waals surface area contributed by atoms with Gasteiger partial charge in [-0.15, -0.1) is 0 Å². The predicted molar refractivity (Wildman–Crippen MR) is 104 cm³/mol. The maximum atomic E-state index is 13.2. The summed E-state index contributed by atoms with van der Waals surface area (Å²) < 4.78 is 19.0. The summed E-state index contributed by atoms with van der Waals surface area (Å²) in [6, 6.07) is 10.8. The van der Waals surface area contributed by atoms with Gasteiger partial charge >= 0.3 is 0 Å². The highest BCUT2D eigenvalue weighted by Gasteiger charge is 2.23. The number of carbonyl (C=O) groups is 1. The smallest absolute Gasteiger partial charge is 0.286 e. The summed E-state index contributed by atoms with van der Waals surface area (Å²) in [6.07, 6.45) is 7.02. The molecular formula is C22H29FN2O2. The Labute approximate surface area is 160 Å². The molecule has 0 spiro atoms. The maximum absolute atomic E-state index is 13.2. The van der Waals surface area contributed by atoms with E-state index in [0.717, 1.165) is 24.3 Å². The number of hydrogen-bond donors (Lipinski definition) is 1. The van der Waals surface area contributed by atoms with E-state index in [-0.39, 0.29) is 11.7 Å². The molecule has 0 saturated heterocycles. The highest BCUT2D eigenvalue weighted by atomic mass is 19.1. The average Bonchev–Trinajstić information content (AvgIpc) is 3.16. The van der Waals surface area contributed by atoms with Crippen molar-refractivity contribution in [2.24, 2.45) is 0 Å². The van der Waals surface area contributed by atoms with Crippen LogP contribution in [0.4, 0.5) is 4.39 Å². The van der Waals surface area contributed by atoms with Gasteiger partial charge in [0.25, 0.3) is 5.91 Å².